The number of alkyl halides is 3. The second-order valence-corrected chi connectivity index (χ2v) is 6.91. The summed E-state index contributed by atoms with van der Waals surface area (Å²) in [6.45, 7) is 1.68. The summed E-state index contributed by atoms with van der Waals surface area (Å²) in [6.07, 6.45) is -4.54. The molecule has 0 aromatic heterocycles. The Balaban J connectivity index is 2.33. The summed E-state index contributed by atoms with van der Waals surface area (Å²) in [5.74, 6) is 0. The third-order valence-electron chi connectivity index (χ3n) is 3.53. The molecule has 9 heteroatoms. The van der Waals surface area contributed by atoms with Crippen LogP contribution in [0, 0.1) is 11.3 Å². The predicted molar refractivity (Wildman–Crippen MR) is 86.0 cm³/mol. The normalized spacial score (nSPS) is 13.1. The Morgan fingerprint density at radius 3 is 2.44 bits per heavy atom. The summed E-state index contributed by atoms with van der Waals surface area (Å²) < 4.78 is 61.0. The maximum atomic E-state index is 12.7. The van der Waals surface area contributed by atoms with E-state index in [0.29, 0.717) is 5.56 Å². The second-order valence-electron chi connectivity index (χ2n) is 5.35. The number of nitriles is 1. The van der Waals surface area contributed by atoms with E-state index >= 15 is 0 Å². The molecule has 0 bridgehead atoms. The van der Waals surface area contributed by atoms with Crippen molar-refractivity contribution in [1.29, 1.82) is 5.26 Å². The van der Waals surface area contributed by atoms with E-state index in [4.69, 9.17) is 10.4 Å². The number of anilines is 1. The smallest absolute Gasteiger partial charge is 0.377 e. The van der Waals surface area contributed by atoms with Crippen LogP contribution in [0.1, 0.15) is 29.7 Å². The number of nitrogens with two attached hydrogens (primary N) is 1. The van der Waals surface area contributed by atoms with E-state index in [-0.39, 0.29) is 16.1 Å². The Kier molecular flexibility index (Phi) is 5.06. The monoisotopic (exact) mass is 369 g/mol. The van der Waals surface area contributed by atoms with E-state index < -0.39 is 27.8 Å². The van der Waals surface area contributed by atoms with Crippen LogP contribution in [0.5, 0.6) is 0 Å². The summed E-state index contributed by atoms with van der Waals surface area (Å²) in [4.78, 5) is -0.0772. The molecule has 1 atom stereocenters. The fourth-order valence-electron chi connectivity index (χ4n) is 2.22. The predicted octanol–water partition coefficient (Wildman–Crippen LogP) is 3.40. The van der Waals surface area contributed by atoms with Crippen molar-refractivity contribution < 1.29 is 21.6 Å². The molecule has 0 unspecified atom stereocenters. The lowest BCUT2D eigenvalue weighted by atomic mass is 10.1. The minimum Gasteiger partial charge on any atom is -0.377 e. The topological polar surface area (TPSA) is 96.0 Å². The van der Waals surface area contributed by atoms with Crippen molar-refractivity contribution in [3.8, 4) is 6.07 Å². The molecule has 5 nitrogen and oxygen atoms in total. The minimum absolute atomic E-state index is 0.0772. The number of nitrogens with zero attached hydrogens (tertiary/aromatic N) is 1. The van der Waals surface area contributed by atoms with Gasteiger partial charge in [0.25, 0.3) is 0 Å². The highest BCUT2D eigenvalue weighted by Gasteiger charge is 2.31. The quantitative estimate of drug-likeness (QED) is 0.863. The van der Waals surface area contributed by atoms with Gasteiger partial charge in [-0.1, -0.05) is 12.1 Å². The van der Waals surface area contributed by atoms with Crippen LogP contribution in [0.4, 0.5) is 18.9 Å². The van der Waals surface area contributed by atoms with Gasteiger partial charge in [-0.15, -0.1) is 0 Å². The summed E-state index contributed by atoms with van der Waals surface area (Å²) in [6, 6.07) is 9.90. The average Bonchev–Trinajstić information content (AvgIpc) is 2.53. The SMILES string of the molecule is C[C@H](Nc1ccc(C(F)(F)F)cc1C#N)c1cccc(S(N)(=O)=O)c1. The molecule has 0 fully saturated rings. The lowest BCUT2D eigenvalue weighted by Gasteiger charge is -2.18. The van der Waals surface area contributed by atoms with Crippen molar-refractivity contribution in [2.45, 2.75) is 24.0 Å². The van der Waals surface area contributed by atoms with Crippen molar-refractivity contribution in [1.82, 2.24) is 0 Å². The molecule has 0 amide bonds. The minimum atomic E-state index is -4.54. The van der Waals surface area contributed by atoms with Gasteiger partial charge in [0.1, 0.15) is 6.07 Å². The third-order valence-corrected chi connectivity index (χ3v) is 4.44. The first-order valence-electron chi connectivity index (χ1n) is 7.03. The largest absolute Gasteiger partial charge is 0.416 e. The van der Waals surface area contributed by atoms with E-state index in [1.165, 1.54) is 24.3 Å². The Bertz CT molecular complexity index is 934. The van der Waals surface area contributed by atoms with Crippen LogP contribution >= 0.6 is 0 Å². The van der Waals surface area contributed by atoms with Gasteiger partial charge in [-0.2, -0.15) is 18.4 Å². The molecule has 132 valence electrons. The van der Waals surface area contributed by atoms with E-state index in [2.05, 4.69) is 5.32 Å². The zero-order chi connectivity index (χ0) is 18.8. The maximum Gasteiger partial charge on any atom is 0.416 e. The molecule has 0 aliphatic rings. The Labute approximate surface area is 142 Å². The molecule has 0 heterocycles. The number of primary sulfonamides is 1. The molecule has 3 N–H and O–H groups in total. The summed E-state index contributed by atoms with van der Waals surface area (Å²) in [5.41, 5.74) is -0.318. The molecule has 2 rings (SSSR count). The summed E-state index contributed by atoms with van der Waals surface area (Å²) >= 11 is 0. The van der Waals surface area contributed by atoms with Gasteiger partial charge in [-0.25, -0.2) is 13.6 Å². The van der Waals surface area contributed by atoms with Crippen molar-refractivity contribution in [2.75, 3.05) is 5.32 Å². The first-order valence-corrected chi connectivity index (χ1v) is 8.57. The molecule has 25 heavy (non-hydrogen) atoms. The highest BCUT2D eigenvalue weighted by atomic mass is 32.2. The fraction of sp³-hybridized carbons (Fsp3) is 0.188. The Morgan fingerprint density at radius 1 is 1.20 bits per heavy atom. The molecule has 0 spiro atoms. The molecule has 0 saturated carbocycles. The highest BCUT2D eigenvalue weighted by molar-refractivity contribution is 7.89. The molecule has 0 aliphatic carbocycles. The first-order chi connectivity index (χ1) is 11.5. The van der Waals surface area contributed by atoms with Gasteiger partial charge in [-0.05, 0) is 42.8 Å². The number of rotatable bonds is 4. The van der Waals surface area contributed by atoms with Gasteiger partial charge in [0.2, 0.25) is 10.0 Å². The van der Waals surface area contributed by atoms with Crippen LogP contribution in [0.3, 0.4) is 0 Å². The van der Waals surface area contributed by atoms with E-state index in [9.17, 15) is 21.6 Å². The van der Waals surface area contributed by atoms with Crippen molar-refractivity contribution >= 4 is 15.7 Å². The van der Waals surface area contributed by atoms with Crippen LogP contribution in [-0.4, -0.2) is 8.42 Å². The van der Waals surface area contributed by atoms with Gasteiger partial charge < -0.3 is 5.32 Å². The molecule has 0 saturated heterocycles. The molecule has 2 aromatic carbocycles. The number of hydrogen-bond donors (Lipinski definition) is 2. The standard InChI is InChI=1S/C16H14F3N3O2S/c1-10(11-3-2-4-14(8-11)25(21,23)24)22-15-6-5-13(16(17,18)19)7-12(15)9-20/h2-8,10,22H,1H3,(H2,21,23,24)/t10-/m0/s1. The van der Waals surface area contributed by atoms with E-state index in [1.54, 1.807) is 19.1 Å². The van der Waals surface area contributed by atoms with Gasteiger partial charge in [-0.3, -0.25) is 0 Å². The average molecular weight is 369 g/mol. The van der Waals surface area contributed by atoms with E-state index in [1.807, 2.05) is 0 Å². The number of nitrogens with one attached hydrogen (secondary N) is 1. The van der Waals surface area contributed by atoms with Crippen LogP contribution in [-0.2, 0) is 16.2 Å². The van der Waals surface area contributed by atoms with Gasteiger partial charge >= 0.3 is 6.18 Å². The molecular weight excluding hydrogens is 355 g/mol. The fourth-order valence-corrected chi connectivity index (χ4v) is 2.78. The third kappa shape index (κ3) is 4.49. The van der Waals surface area contributed by atoms with Crippen molar-refractivity contribution in [3.05, 3.63) is 59.2 Å². The number of benzene rings is 2. The van der Waals surface area contributed by atoms with Gasteiger partial charge in [0, 0.05) is 6.04 Å². The van der Waals surface area contributed by atoms with Gasteiger partial charge in [0.05, 0.1) is 21.7 Å². The van der Waals surface area contributed by atoms with Crippen molar-refractivity contribution in [2.24, 2.45) is 5.14 Å². The first kappa shape index (κ1) is 18.8. The molecule has 2 aromatic rings. The maximum absolute atomic E-state index is 12.7. The van der Waals surface area contributed by atoms with Crippen LogP contribution in [0.25, 0.3) is 0 Å². The zero-order valence-electron chi connectivity index (χ0n) is 13.0. The summed E-state index contributed by atoms with van der Waals surface area (Å²) in [7, 11) is -3.87. The number of sulfonamides is 1. The lowest BCUT2D eigenvalue weighted by Crippen LogP contribution is -2.14. The van der Waals surface area contributed by atoms with Crippen molar-refractivity contribution in [3.63, 3.8) is 0 Å². The Morgan fingerprint density at radius 2 is 1.88 bits per heavy atom. The second kappa shape index (κ2) is 6.74. The summed E-state index contributed by atoms with van der Waals surface area (Å²) in [5, 5.41) is 17.1. The highest BCUT2D eigenvalue weighted by Crippen LogP contribution is 2.32. The Hall–Kier alpha value is -2.57. The van der Waals surface area contributed by atoms with Crippen LogP contribution < -0.4 is 10.5 Å². The van der Waals surface area contributed by atoms with E-state index in [0.717, 1.165) is 12.1 Å². The number of hydrogen-bond acceptors (Lipinski definition) is 4. The molecule has 0 aliphatic heterocycles. The van der Waals surface area contributed by atoms with Crippen LogP contribution in [0.2, 0.25) is 0 Å². The lowest BCUT2D eigenvalue weighted by molar-refractivity contribution is -0.137. The van der Waals surface area contributed by atoms with Crippen LogP contribution in [0.15, 0.2) is 47.4 Å². The molecule has 0 radical (unpaired) electrons. The molecular formula is C16H14F3N3O2S. The number of halogens is 3. The van der Waals surface area contributed by atoms with Gasteiger partial charge in [0.15, 0.2) is 0 Å². The zero-order valence-corrected chi connectivity index (χ0v) is 13.8.